The number of carboxylic acid groups (broad SMARTS) is 2. The van der Waals surface area contributed by atoms with Crippen LogP contribution in [0.25, 0.3) is 0 Å². The second-order valence-corrected chi connectivity index (χ2v) is 12.8. The Morgan fingerprint density at radius 2 is 0.909 bits per heavy atom. The first-order chi connectivity index (χ1) is 21.5. The predicted molar refractivity (Wildman–Crippen MR) is 187 cm³/mol. The van der Waals surface area contributed by atoms with E-state index in [-0.39, 0.29) is 6.42 Å². The fraction of sp³-hybridized carbons (Fsp3) is 0.846. The number of carboxylic acids is 2. The Labute approximate surface area is 272 Å². The Morgan fingerprint density at radius 3 is 1.34 bits per heavy atom. The van der Waals surface area contributed by atoms with Gasteiger partial charge in [0.2, 0.25) is 0 Å². The van der Waals surface area contributed by atoms with Crippen LogP contribution in [0, 0.1) is 35.5 Å². The molecule has 0 aliphatic carbocycles. The Hall–Kier alpha value is -1.98. The van der Waals surface area contributed by atoms with Gasteiger partial charge in [-0.1, -0.05) is 154 Å². The monoisotopic (exact) mass is 616 g/mol. The molecule has 0 radical (unpaired) electrons. The van der Waals surface area contributed by atoms with Gasteiger partial charge in [-0.3, -0.25) is 9.59 Å². The van der Waals surface area contributed by atoms with E-state index in [1.807, 2.05) is 0 Å². The molecule has 5 heteroatoms. The summed E-state index contributed by atoms with van der Waals surface area (Å²) in [5, 5.41) is 22.6. The van der Waals surface area contributed by atoms with Crippen molar-refractivity contribution in [2.45, 2.75) is 187 Å². The highest BCUT2D eigenvalue weighted by Gasteiger charge is 2.26. The highest BCUT2D eigenvalue weighted by Crippen LogP contribution is 2.21. The summed E-state index contributed by atoms with van der Waals surface area (Å²) in [6, 6.07) is 0. The predicted octanol–water partition coefficient (Wildman–Crippen LogP) is 10.6. The van der Waals surface area contributed by atoms with Gasteiger partial charge in [-0.2, -0.15) is 0 Å². The van der Waals surface area contributed by atoms with E-state index in [0.717, 1.165) is 57.9 Å². The van der Waals surface area contributed by atoms with Crippen LogP contribution in [0.4, 0.5) is 0 Å². The summed E-state index contributed by atoms with van der Waals surface area (Å²) in [4.78, 5) is 23.5. The minimum atomic E-state index is -0.893. The summed E-state index contributed by atoms with van der Waals surface area (Å²) in [7, 11) is 0. The lowest BCUT2D eigenvalue weighted by atomic mass is 9.90. The van der Waals surface area contributed by atoms with Crippen LogP contribution >= 0.6 is 0 Å². The second kappa shape index (κ2) is 33.9. The highest BCUT2D eigenvalue weighted by atomic mass is 16.4. The van der Waals surface area contributed by atoms with Crippen LogP contribution in [0.1, 0.15) is 187 Å². The Bertz CT molecular complexity index is 787. The van der Waals surface area contributed by atoms with Crippen LogP contribution in [0.15, 0.2) is 0 Å². The van der Waals surface area contributed by atoms with Gasteiger partial charge in [0.25, 0.3) is 0 Å². The number of rotatable bonds is 32. The molecule has 0 aliphatic rings. The largest absolute Gasteiger partial charge is 0.481 e. The fourth-order valence-corrected chi connectivity index (χ4v) is 5.67. The smallest absolute Gasteiger partial charge is 0.307 e. The van der Waals surface area contributed by atoms with Crippen LogP contribution < -0.4 is 5.32 Å². The molecule has 3 N–H and O–H groups in total. The zero-order valence-electron chi connectivity index (χ0n) is 28.9. The Kier molecular flexibility index (Phi) is 32.4. The molecule has 44 heavy (non-hydrogen) atoms. The molecule has 0 fully saturated rings. The molecule has 0 amide bonds. The Morgan fingerprint density at radius 1 is 0.523 bits per heavy atom. The summed E-state index contributed by atoms with van der Waals surface area (Å²) < 4.78 is 0. The molecule has 0 bridgehead atoms. The maximum absolute atomic E-state index is 11.8. The number of nitrogens with one attached hydrogen (secondary N) is 1. The van der Waals surface area contributed by atoms with Gasteiger partial charge in [-0.25, -0.2) is 0 Å². The molecule has 0 saturated carbocycles. The number of hydrogen-bond acceptors (Lipinski definition) is 3. The van der Waals surface area contributed by atoms with Crippen molar-refractivity contribution >= 4 is 11.9 Å². The van der Waals surface area contributed by atoms with E-state index in [4.69, 9.17) is 0 Å². The van der Waals surface area contributed by atoms with E-state index in [0.29, 0.717) is 13.0 Å². The quantitative estimate of drug-likeness (QED) is 0.0518. The van der Waals surface area contributed by atoms with Crippen molar-refractivity contribution in [2.75, 3.05) is 13.1 Å². The van der Waals surface area contributed by atoms with E-state index in [1.165, 1.54) is 109 Å². The van der Waals surface area contributed by atoms with Crippen molar-refractivity contribution in [2.24, 2.45) is 11.8 Å². The first kappa shape index (κ1) is 42.0. The summed E-state index contributed by atoms with van der Waals surface area (Å²) in [6.45, 7) is 5.61. The van der Waals surface area contributed by atoms with E-state index in [2.05, 4.69) is 42.8 Å². The minimum Gasteiger partial charge on any atom is -0.481 e. The molecule has 0 spiro atoms. The average molecular weight is 616 g/mol. The zero-order valence-corrected chi connectivity index (χ0v) is 28.9. The lowest BCUT2D eigenvalue weighted by Gasteiger charge is -2.18. The second-order valence-electron chi connectivity index (χ2n) is 12.8. The van der Waals surface area contributed by atoms with Crippen molar-refractivity contribution in [1.29, 1.82) is 0 Å². The number of unbranched alkanes of at least 4 members (excludes halogenated alkanes) is 22. The lowest BCUT2D eigenvalue weighted by Crippen LogP contribution is -2.32. The topological polar surface area (TPSA) is 86.6 Å². The molecule has 0 aromatic carbocycles. The molecule has 0 heterocycles. The normalized spacial score (nSPS) is 12.1. The molecule has 0 saturated heterocycles. The molecule has 254 valence electrons. The molecule has 5 nitrogen and oxygen atoms in total. The summed E-state index contributed by atoms with van der Waals surface area (Å²) in [5.74, 6) is 9.44. The van der Waals surface area contributed by atoms with Crippen molar-refractivity contribution in [1.82, 2.24) is 5.32 Å². The SMILES string of the molecule is CCCCCCCCCCC#CC#CCCCCCCCCCNCC(CC(CCCCCCCCCC)C(=O)O)C(=O)O. The first-order valence-corrected chi connectivity index (χ1v) is 18.6. The Balaban J connectivity index is 3.75. The molecule has 0 rings (SSSR count). The van der Waals surface area contributed by atoms with Crippen molar-refractivity contribution in [3.05, 3.63) is 0 Å². The third-order valence-electron chi connectivity index (χ3n) is 8.61. The fourth-order valence-electron chi connectivity index (χ4n) is 5.67. The van der Waals surface area contributed by atoms with E-state index in [9.17, 15) is 19.8 Å². The van der Waals surface area contributed by atoms with Gasteiger partial charge in [0.1, 0.15) is 0 Å². The van der Waals surface area contributed by atoms with Crippen molar-refractivity contribution < 1.29 is 19.8 Å². The van der Waals surface area contributed by atoms with Crippen LogP contribution in [0.3, 0.4) is 0 Å². The van der Waals surface area contributed by atoms with Crippen LogP contribution in [0.2, 0.25) is 0 Å². The summed E-state index contributed by atoms with van der Waals surface area (Å²) in [5.41, 5.74) is 0. The van der Waals surface area contributed by atoms with Crippen molar-refractivity contribution in [3.8, 4) is 23.7 Å². The summed E-state index contributed by atoms with van der Waals surface area (Å²) in [6.07, 6.45) is 30.9. The van der Waals surface area contributed by atoms with Gasteiger partial charge in [0.15, 0.2) is 0 Å². The number of hydrogen-bond donors (Lipinski definition) is 3. The van der Waals surface area contributed by atoms with Gasteiger partial charge in [-0.05, 0) is 50.5 Å². The highest BCUT2D eigenvalue weighted by molar-refractivity contribution is 5.73. The first-order valence-electron chi connectivity index (χ1n) is 18.6. The zero-order chi connectivity index (χ0) is 32.4. The van der Waals surface area contributed by atoms with Gasteiger partial charge in [0, 0.05) is 19.4 Å². The molecule has 2 atom stereocenters. The van der Waals surface area contributed by atoms with Crippen LogP contribution in [-0.2, 0) is 9.59 Å². The van der Waals surface area contributed by atoms with E-state index in [1.54, 1.807) is 0 Å². The standard InChI is InChI=1S/C39H69NO4/c1-3-5-7-9-11-13-14-15-16-17-18-19-20-21-22-23-24-25-27-29-31-33-40-35-37(39(43)44)34-36(38(41)42)32-30-28-26-12-10-8-6-4-2/h36-37,40H,3-16,21-35H2,1-2H3,(H,41,42)(H,43,44). The van der Waals surface area contributed by atoms with Gasteiger partial charge >= 0.3 is 11.9 Å². The van der Waals surface area contributed by atoms with Gasteiger partial charge < -0.3 is 15.5 Å². The molecule has 0 aliphatic heterocycles. The molecular weight excluding hydrogens is 546 g/mol. The molecule has 2 unspecified atom stereocenters. The maximum atomic E-state index is 11.8. The van der Waals surface area contributed by atoms with Crippen LogP contribution in [0.5, 0.6) is 0 Å². The minimum absolute atomic E-state index is 0.213. The van der Waals surface area contributed by atoms with Gasteiger partial charge in [0.05, 0.1) is 11.8 Å². The van der Waals surface area contributed by atoms with Gasteiger partial charge in [-0.15, -0.1) is 0 Å². The third-order valence-corrected chi connectivity index (χ3v) is 8.61. The van der Waals surface area contributed by atoms with E-state index < -0.39 is 23.8 Å². The van der Waals surface area contributed by atoms with E-state index >= 15 is 0 Å². The average Bonchev–Trinajstić information content (AvgIpc) is 3.00. The third kappa shape index (κ3) is 30.1. The summed E-state index contributed by atoms with van der Waals surface area (Å²) >= 11 is 0. The number of aliphatic carboxylic acids is 2. The molecule has 0 aromatic rings. The molecule has 0 aromatic heterocycles. The number of carbonyl (C=O) groups is 2. The van der Waals surface area contributed by atoms with Crippen molar-refractivity contribution in [3.63, 3.8) is 0 Å². The lowest BCUT2D eigenvalue weighted by molar-refractivity contribution is -0.145. The molecular formula is C39H69NO4. The maximum Gasteiger partial charge on any atom is 0.307 e. The van der Waals surface area contributed by atoms with Crippen LogP contribution in [-0.4, -0.2) is 35.2 Å².